The molecule has 0 saturated carbocycles. The summed E-state index contributed by atoms with van der Waals surface area (Å²) in [5, 5.41) is 0. The molecule has 4 heteroatoms. The largest absolute Gasteiger partial charge is 0.312 e. The number of benzene rings is 1. The zero-order valence-corrected chi connectivity index (χ0v) is 10.9. The number of nitrogens with zero attached hydrogens (tertiary/aromatic N) is 2. The zero-order chi connectivity index (χ0) is 12.7. The summed E-state index contributed by atoms with van der Waals surface area (Å²) in [5.41, 5.74) is 3.78. The highest BCUT2D eigenvalue weighted by atomic mass is 15.4. The summed E-state index contributed by atoms with van der Waals surface area (Å²) < 4.78 is 0. The van der Waals surface area contributed by atoms with E-state index in [0.29, 0.717) is 11.9 Å². The monoisotopic (exact) mass is 234 g/mol. The van der Waals surface area contributed by atoms with E-state index in [2.05, 4.69) is 36.1 Å². The highest BCUT2D eigenvalue weighted by Gasteiger charge is 2.10. The SMILES string of the molecule is CCN(C(=NCC(C)C)NN)c1ccccc1. The number of rotatable bonds is 4. The topological polar surface area (TPSA) is 53.6 Å². The van der Waals surface area contributed by atoms with Gasteiger partial charge in [0.1, 0.15) is 0 Å². The molecule has 0 amide bonds. The smallest absolute Gasteiger partial charge is 0.212 e. The molecule has 0 unspecified atom stereocenters. The van der Waals surface area contributed by atoms with Crippen LogP contribution < -0.4 is 16.2 Å². The number of para-hydroxylation sites is 1. The fourth-order valence-corrected chi connectivity index (χ4v) is 1.54. The van der Waals surface area contributed by atoms with Crippen LogP contribution in [0, 0.1) is 5.92 Å². The summed E-state index contributed by atoms with van der Waals surface area (Å²) in [6.07, 6.45) is 0. The van der Waals surface area contributed by atoms with E-state index < -0.39 is 0 Å². The number of nitrogens with one attached hydrogen (secondary N) is 1. The van der Waals surface area contributed by atoms with Crippen LogP contribution in [-0.2, 0) is 0 Å². The van der Waals surface area contributed by atoms with Crippen LogP contribution in [0.15, 0.2) is 35.3 Å². The number of anilines is 1. The van der Waals surface area contributed by atoms with E-state index in [9.17, 15) is 0 Å². The Labute approximate surface area is 104 Å². The first-order valence-electron chi connectivity index (χ1n) is 6.02. The molecule has 0 aliphatic rings. The van der Waals surface area contributed by atoms with Crippen molar-refractivity contribution < 1.29 is 0 Å². The summed E-state index contributed by atoms with van der Waals surface area (Å²) in [4.78, 5) is 6.55. The molecule has 0 atom stereocenters. The second kappa shape index (κ2) is 6.91. The van der Waals surface area contributed by atoms with Crippen molar-refractivity contribution in [1.82, 2.24) is 5.43 Å². The summed E-state index contributed by atoms with van der Waals surface area (Å²) >= 11 is 0. The van der Waals surface area contributed by atoms with Gasteiger partial charge in [0.15, 0.2) is 0 Å². The number of hydrogen-bond acceptors (Lipinski definition) is 2. The van der Waals surface area contributed by atoms with Gasteiger partial charge in [-0.05, 0) is 25.0 Å². The predicted molar refractivity (Wildman–Crippen MR) is 73.9 cm³/mol. The van der Waals surface area contributed by atoms with Crippen LogP contribution in [0.4, 0.5) is 5.69 Å². The maximum Gasteiger partial charge on any atom is 0.212 e. The third-order valence-corrected chi connectivity index (χ3v) is 2.38. The molecule has 0 aliphatic heterocycles. The molecule has 1 aromatic rings. The van der Waals surface area contributed by atoms with Crippen molar-refractivity contribution in [1.29, 1.82) is 0 Å². The van der Waals surface area contributed by atoms with Gasteiger partial charge in [-0.3, -0.25) is 10.4 Å². The molecule has 4 nitrogen and oxygen atoms in total. The molecule has 1 rings (SSSR count). The molecular formula is C13H22N4. The molecule has 0 spiro atoms. The Hall–Kier alpha value is -1.55. The van der Waals surface area contributed by atoms with Crippen LogP contribution in [0.2, 0.25) is 0 Å². The Balaban J connectivity index is 2.88. The van der Waals surface area contributed by atoms with Gasteiger partial charge in [-0.25, -0.2) is 5.84 Å². The van der Waals surface area contributed by atoms with Crippen LogP contribution >= 0.6 is 0 Å². The van der Waals surface area contributed by atoms with Crippen molar-refractivity contribution in [2.24, 2.45) is 16.8 Å². The van der Waals surface area contributed by atoms with Gasteiger partial charge in [0.25, 0.3) is 0 Å². The maximum absolute atomic E-state index is 5.55. The van der Waals surface area contributed by atoms with E-state index in [-0.39, 0.29) is 0 Å². The minimum atomic E-state index is 0.521. The average molecular weight is 234 g/mol. The molecule has 0 fully saturated rings. The zero-order valence-electron chi connectivity index (χ0n) is 10.9. The Morgan fingerprint density at radius 3 is 2.47 bits per heavy atom. The fourth-order valence-electron chi connectivity index (χ4n) is 1.54. The minimum Gasteiger partial charge on any atom is -0.312 e. The Morgan fingerprint density at radius 1 is 1.35 bits per heavy atom. The van der Waals surface area contributed by atoms with Gasteiger partial charge in [-0.1, -0.05) is 32.0 Å². The molecule has 0 aromatic heterocycles. The van der Waals surface area contributed by atoms with E-state index in [4.69, 9.17) is 5.84 Å². The number of hydrazine groups is 1. The van der Waals surface area contributed by atoms with Crippen molar-refractivity contribution in [3.8, 4) is 0 Å². The summed E-state index contributed by atoms with van der Waals surface area (Å²) in [5.74, 6) is 6.79. The molecule has 94 valence electrons. The van der Waals surface area contributed by atoms with Gasteiger partial charge >= 0.3 is 0 Å². The van der Waals surface area contributed by atoms with Crippen LogP contribution in [0.5, 0.6) is 0 Å². The minimum absolute atomic E-state index is 0.521. The van der Waals surface area contributed by atoms with Crippen molar-refractivity contribution in [3.05, 3.63) is 30.3 Å². The summed E-state index contributed by atoms with van der Waals surface area (Å²) in [6.45, 7) is 7.94. The fraction of sp³-hybridized carbons (Fsp3) is 0.462. The van der Waals surface area contributed by atoms with Crippen molar-refractivity contribution in [2.75, 3.05) is 18.0 Å². The lowest BCUT2D eigenvalue weighted by Gasteiger charge is -2.24. The first-order valence-corrected chi connectivity index (χ1v) is 6.02. The summed E-state index contributed by atoms with van der Waals surface area (Å²) in [7, 11) is 0. The first kappa shape index (κ1) is 13.5. The van der Waals surface area contributed by atoms with E-state index in [1.54, 1.807) is 0 Å². The molecule has 1 aromatic carbocycles. The van der Waals surface area contributed by atoms with E-state index in [0.717, 1.165) is 18.8 Å². The van der Waals surface area contributed by atoms with Gasteiger partial charge < -0.3 is 4.90 Å². The van der Waals surface area contributed by atoms with Gasteiger partial charge in [0, 0.05) is 18.8 Å². The van der Waals surface area contributed by atoms with Crippen LogP contribution in [0.3, 0.4) is 0 Å². The lowest BCUT2D eigenvalue weighted by Crippen LogP contribution is -2.45. The second-order valence-electron chi connectivity index (χ2n) is 4.28. The molecule has 3 N–H and O–H groups in total. The maximum atomic E-state index is 5.55. The molecular weight excluding hydrogens is 212 g/mol. The quantitative estimate of drug-likeness (QED) is 0.362. The molecule has 0 heterocycles. The van der Waals surface area contributed by atoms with Crippen LogP contribution in [-0.4, -0.2) is 19.0 Å². The van der Waals surface area contributed by atoms with Crippen molar-refractivity contribution >= 4 is 11.6 Å². The summed E-state index contributed by atoms with van der Waals surface area (Å²) in [6, 6.07) is 10.1. The normalized spacial score (nSPS) is 11.7. The van der Waals surface area contributed by atoms with E-state index >= 15 is 0 Å². The molecule has 0 aliphatic carbocycles. The number of aliphatic imine (C=N–C) groups is 1. The van der Waals surface area contributed by atoms with Gasteiger partial charge in [-0.2, -0.15) is 0 Å². The van der Waals surface area contributed by atoms with Gasteiger partial charge in [0.05, 0.1) is 0 Å². The third-order valence-electron chi connectivity index (χ3n) is 2.38. The van der Waals surface area contributed by atoms with E-state index in [1.165, 1.54) is 0 Å². The highest BCUT2D eigenvalue weighted by molar-refractivity contribution is 5.95. The van der Waals surface area contributed by atoms with Crippen molar-refractivity contribution in [2.45, 2.75) is 20.8 Å². The predicted octanol–water partition coefficient (Wildman–Crippen LogP) is 1.99. The molecule has 17 heavy (non-hydrogen) atoms. The number of hydrogen-bond donors (Lipinski definition) is 2. The lowest BCUT2D eigenvalue weighted by molar-refractivity contribution is 0.660. The number of nitrogens with two attached hydrogens (primary N) is 1. The average Bonchev–Trinajstić information content (AvgIpc) is 2.35. The Bertz CT molecular complexity index is 346. The first-order chi connectivity index (χ1) is 8.19. The highest BCUT2D eigenvalue weighted by Crippen LogP contribution is 2.12. The Morgan fingerprint density at radius 2 is 2.00 bits per heavy atom. The molecule has 0 radical (unpaired) electrons. The third kappa shape index (κ3) is 4.07. The van der Waals surface area contributed by atoms with Crippen molar-refractivity contribution in [3.63, 3.8) is 0 Å². The lowest BCUT2D eigenvalue weighted by atomic mass is 10.2. The standard InChI is InChI=1S/C13H22N4/c1-4-17(12-8-6-5-7-9-12)13(16-14)15-10-11(2)3/h5-9,11H,4,10,14H2,1-3H3,(H,15,16). The molecule has 0 bridgehead atoms. The Kier molecular flexibility index (Phi) is 5.49. The van der Waals surface area contributed by atoms with Gasteiger partial charge in [0.2, 0.25) is 5.96 Å². The second-order valence-corrected chi connectivity index (χ2v) is 4.28. The van der Waals surface area contributed by atoms with Crippen LogP contribution in [0.1, 0.15) is 20.8 Å². The van der Waals surface area contributed by atoms with Gasteiger partial charge in [-0.15, -0.1) is 0 Å². The molecule has 0 saturated heterocycles. The number of guanidine groups is 1. The van der Waals surface area contributed by atoms with Crippen LogP contribution in [0.25, 0.3) is 0 Å². The van der Waals surface area contributed by atoms with E-state index in [1.807, 2.05) is 30.3 Å².